The first-order chi connectivity index (χ1) is 13.7. The maximum absolute atomic E-state index is 14.5. The van der Waals surface area contributed by atoms with Gasteiger partial charge in [-0.15, -0.1) is 0 Å². The lowest BCUT2D eigenvalue weighted by Gasteiger charge is -2.49. The number of rotatable bonds is 6. The zero-order chi connectivity index (χ0) is 21.1. The third kappa shape index (κ3) is 5.01. The fraction of sp³-hybridized carbons (Fsp3) is 0.600. The van der Waals surface area contributed by atoms with Crippen molar-refractivity contribution in [1.82, 2.24) is 9.80 Å². The molecule has 1 aromatic carbocycles. The number of piperidine rings is 2. The van der Waals surface area contributed by atoms with E-state index in [0.717, 1.165) is 4.90 Å². The molecule has 2 saturated heterocycles. The topological polar surface area (TPSA) is 59.1 Å². The summed E-state index contributed by atoms with van der Waals surface area (Å²) in [5.74, 6) is -4.33. The van der Waals surface area contributed by atoms with E-state index in [1.807, 2.05) is 0 Å². The Morgan fingerprint density at radius 3 is 2.62 bits per heavy atom. The monoisotopic (exact) mass is 414 g/mol. The average molecular weight is 414 g/mol. The van der Waals surface area contributed by atoms with Gasteiger partial charge in [0.1, 0.15) is 11.6 Å². The summed E-state index contributed by atoms with van der Waals surface area (Å²) in [7, 11) is 1.51. The van der Waals surface area contributed by atoms with Gasteiger partial charge in [0.05, 0.1) is 18.6 Å². The molecule has 0 aliphatic carbocycles. The maximum atomic E-state index is 14.5. The first kappa shape index (κ1) is 21.4. The van der Waals surface area contributed by atoms with E-state index in [1.54, 1.807) is 4.90 Å². The van der Waals surface area contributed by atoms with Crippen LogP contribution in [0.15, 0.2) is 24.3 Å². The van der Waals surface area contributed by atoms with Crippen LogP contribution >= 0.6 is 0 Å². The summed E-state index contributed by atoms with van der Waals surface area (Å²) in [6, 6.07) is 5.07. The molecule has 3 rings (SSSR count). The number of amides is 2. The summed E-state index contributed by atoms with van der Waals surface area (Å²) in [6.45, 7) is -0.102. The number of halogens is 3. The van der Waals surface area contributed by atoms with Crippen molar-refractivity contribution in [2.45, 2.75) is 25.2 Å². The summed E-state index contributed by atoms with van der Waals surface area (Å²) in [5, 5.41) is 0. The highest BCUT2D eigenvalue weighted by Crippen LogP contribution is 2.45. The van der Waals surface area contributed by atoms with Gasteiger partial charge >= 0.3 is 0 Å². The summed E-state index contributed by atoms with van der Waals surface area (Å²) in [5.41, 5.74) is -1.29. The summed E-state index contributed by atoms with van der Waals surface area (Å²) in [6.07, 6.45) is 0.345. The van der Waals surface area contributed by atoms with Gasteiger partial charge in [-0.2, -0.15) is 0 Å². The highest BCUT2D eigenvalue weighted by Gasteiger charge is 2.56. The van der Waals surface area contributed by atoms with Crippen LogP contribution in [0.5, 0.6) is 5.75 Å². The molecule has 0 bridgehead atoms. The van der Waals surface area contributed by atoms with Gasteiger partial charge in [-0.1, -0.05) is 0 Å². The number of benzene rings is 1. The maximum Gasteiger partial charge on any atom is 0.266 e. The number of ether oxygens (including phenoxy) is 2. The van der Waals surface area contributed by atoms with E-state index >= 15 is 0 Å². The fourth-order valence-electron chi connectivity index (χ4n) is 4.13. The molecular weight excluding hydrogens is 389 g/mol. The molecule has 9 heteroatoms. The minimum atomic E-state index is -3.16. The van der Waals surface area contributed by atoms with Crippen LogP contribution < -0.4 is 4.74 Å². The van der Waals surface area contributed by atoms with Crippen molar-refractivity contribution in [1.29, 1.82) is 0 Å². The van der Waals surface area contributed by atoms with E-state index in [0.29, 0.717) is 32.5 Å². The number of methoxy groups -OCH3 is 1. The molecule has 29 heavy (non-hydrogen) atoms. The van der Waals surface area contributed by atoms with Crippen molar-refractivity contribution in [3.63, 3.8) is 0 Å². The summed E-state index contributed by atoms with van der Waals surface area (Å²) in [4.78, 5) is 28.1. The van der Waals surface area contributed by atoms with Gasteiger partial charge in [0.25, 0.3) is 11.8 Å². The van der Waals surface area contributed by atoms with Crippen LogP contribution in [-0.4, -0.2) is 74.0 Å². The smallest absolute Gasteiger partial charge is 0.266 e. The van der Waals surface area contributed by atoms with Crippen LogP contribution in [0.3, 0.4) is 0 Å². The number of nitrogens with zero attached hydrogens (tertiary/aromatic N) is 2. The molecule has 0 saturated carbocycles. The molecule has 1 atom stereocenters. The van der Waals surface area contributed by atoms with Crippen molar-refractivity contribution in [3.8, 4) is 5.75 Å². The second-order valence-corrected chi connectivity index (χ2v) is 7.69. The molecule has 6 nitrogen and oxygen atoms in total. The summed E-state index contributed by atoms with van der Waals surface area (Å²) >= 11 is 0. The lowest BCUT2D eigenvalue weighted by atomic mass is 9.71. The third-order valence-electron chi connectivity index (χ3n) is 5.43. The molecule has 0 unspecified atom stereocenters. The summed E-state index contributed by atoms with van der Waals surface area (Å²) < 4.78 is 52.3. The molecule has 2 aliphatic rings. The minimum Gasteiger partial charge on any atom is -0.484 e. The molecule has 0 N–H and O–H groups in total. The Labute approximate surface area is 167 Å². The fourth-order valence-corrected chi connectivity index (χ4v) is 4.13. The Balaban J connectivity index is 1.70. The van der Waals surface area contributed by atoms with Gasteiger partial charge in [0.2, 0.25) is 5.91 Å². The first-order valence-corrected chi connectivity index (χ1v) is 9.57. The SMILES string of the molecule is COCCN1CCC[C@]2(CN(C(=O)COc3ccc(F)cc3)CC(F)(F)C2)C1=O. The number of hydrogen-bond donors (Lipinski definition) is 0. The predicted molar refractivity (Wildman–Crippen MR) is 98.2 cm³/mol. The average Bonchev–Trinajstić information content (AvgIpc) is 2.67. The van der Waals surface area contributed by atoms with Crippen molar-refractivity contribution >= 4 is 11.8 Å². The van der Waals surface area contributed by atoms with Gasteiger partial charge in [0.15, 0.2) is 6.61 Å². The van der Waals surface area contributed by atoms with E-state index in [1.165, 1.54) is 31.4 Å². The van der Waals surface area contributed by atoms with E-state index in [9.17, 15) is 22.8 Å². The van der Waals surface area contributed by atoms with Gasteiger partial charge in [-0.3, -0.25) is 9.59 Å². The molecular formula is C20H25F3N2O4. The number of hydrogen-bond acceptors (Lipinski definition) is 4. The van der Waals surface area contributed by atoms with Gasteiger partial charge in [-0.25, -0.2) is 13.2 Å². The molecule has 2 fully saturated rings. The Bertz CT molecular complexity index is 744. The lowest BCUT2D eigenvalue weighted by Crippen LogP contribution is -2.62. The van der Waals surface area contributed by atoms with E-state index < -0.39 is 42.6 Å². The van der Waals surface area contributed by atoms with Crippen molar-refractivity contribution < 1.29 is 32.2 Å². The van der Waals surface area contributed by atoms with E-state index in [-0.39, 0.29) is 18.2 Å². The molecule has 2 amide bonds. The molecule has 160 valence electrons. The van der Waals surface area contributed by atoms with Crippen LogP contribution in [0, 0.1) is 11.2 Å². The second kappa shape index (κ2) is 8.61. The minimum absolute atomic E-state index is 0.0590. The first-order valence-electron chi connectivity index (χ1n) is 9.57. The molecule has 2 aliphatic heterocycles. The molecule has 2 heterocycles. The van der Waals surface area contributed by atoms with Crippen molar-refractivity contribution in [2.75, 3.05) is 46.5 Å². The Morgan fingerprint density at radius 2 is 1.93 bits per heavy atom. The Hall–Kier alpha value is -2.29. The highest BCUT2D eigenvalue weighted by atomic mass is 19.3. The normalized spacial score (nSPS) is 24.1. The van der Waals surface area contributed by atoms with Gasteiger partial charge in [0, 0.05) is 33.2 Å². The highest BCUT2D eigenvalue weighted by molar-refractivity contribution is 5.86. The van der Waals surface area contributed by atoms with Gasteiger partial charge in [-0.05, 0) is 37.1 Å². The molecule has 0 radical (unpaired) electrons. The third-order valence-corrected chi connectivity index (χ3v) is 5.43. The quantitative estimate of drug-likeness (QED) is 0.717. The Morgan fingerprint density at radius 1 is 1.21 bits per heavy atom. The van der Waals surface area contributed by atoms with Crippen LogP contribution in [0.2, 0.25) is 0 Å². The van der Waals surface area contributed by atoms with Crippen molar-refractivity contribution in [3.05, 3.63) is 30.1 Å². The van der Waals surface area contributed by atoms with Crippen molar-refractivity contribution in [2.24, 2.45) is 5.41 Å². The zero-order valence-corrected chi connectivity index (χ0v) is 16.3. The number of carbonyl (C=O) groups excluding carboxylic acids is 2. The predicted octanol–water partition coefficient (Wildman–Crippen LogP) is 2.33. The van der Waals surface area contributed by atoms with Crippen LogP contribution in [0.4, 0.5) is 13.2 Å². The lowest BCUT2D eigenvalue weighted by molar-refractivity contribution is -0.175. The number of carbonyl (C=O) groups is 2. The zero-order valence-electron chi connectivity index (χ0n) is 16.3. The molecule has 1 aromatic rings. The van der Waals surface area contributed by atoms with E-state index in [4.69, 9.17) is 9.47 Å². The number of alkyl halides is 2. The van der Waals surface area contributed by atoms with Crippen LogP contribution in [-0.2, 0) is 14.3 Å². The van der Waals surface area contributed by atoms with E-state index in [2.05, 4.69) is 0 Å². The van der Waals surface area contributed by atoms with Gasteiger partial charge < -0.3 is 19.3 Å². The molecule has 0 aromatic heterocycles. The van der Waals surface area contributed by atoms with Crippen LogP contribution in [0.1, 0.15) is 19.3 Å². The second-order valence-electron chi connectivity index (χ2n) is 7.69. The Kier molecular flexibility index (Phi) is 6.36. The standard InChI is InChI=1S/C20H25F3N2O4/c1-28-10-9-24-8-2-7-19(18(24)27)12-20(22,23)14-25(13-19)17(26)11-29-16-5-3-15(21)4-6-16/h3-6H,2,7-14H2,1H3/t19-/m0/s1. The molecule has 1 spiro atoms. The van der Waals surface area contributed by atoms with Crippen LogP contribution in [0.25, 0.3) is 0 Å². The number of likely N-dealkylation sites (tertiary alicyclic amines) is 2. The largest absolute Gasteiger partial charge is 0.484 e.